The van der Waals surface area contributed by atoms with Gasteiger partial charge in [-0.05, 0) is 56.0 Å². The molecule has 1 aromatic carbocycles. The highest BCUT2D eigenvalue weighted by atomic mass is 16.5. The van der Waals surface area contributed by atoms with Crippen LogP contribution in [0.1, 0.15) is 24.0 Å². The van der Waals surface area contributed by atoms with Crippen molar-refractivity contribution in [3.8, 4) is 5.75 Å². The molecule has 0 radical (unpaired) electrons. The Kier molecular flexibility index (Phi) is 4.04. The van der Waals surface area contributed by atoms with Crippen LogP contribution in [0.3, 0.4) is 0 Å². The van der Waals surface area contributed by atoms with E-state index in [1.807, 2.05) is 7.05 Å². The lowest BCUT2D eigenvalue weighted by atomic mass is 10.00. The van der Waals surface area contributed by atoms with Gasteiger partial charge in [-0.15, -0.1) is 0 Å². The fraction of sp³-hybridized carbons (Fsp3) is 0.625. The van der Waals surface area contributed by atoms with Crippen LogP contribution >= 0.6 is 0 Å². The molecule has 3 rings (SSSR count). The van der Waals surface area contributed by atoms with Gasteiger partial charge >= 0.3 is 0 Å². The largest absolute Gasteiger partial charge is 0.492 e. The van der Waals surface area contributed by atoms with Crippen molar-refractivity contribution >= 4 is 0 Å². The van der Waals surface area contributed by atoms with Crippen molar-refractivity contribution in [3.63, 3.8) is 0 Å². The van der Waals surface area contributed by atoms with E-state index in [0.717, 1.165) is 32.0 Å². The third kappa shape index (κ3) is 2.93. The summed E-state index contributed by atoms with van der Waals surface area (Å²) >= 11 is 0. The first-order valence-corrected chi connectivity index (χ1v) is 7.36. The average Bonchev–Trinajstić information content (AvgIpc) is 3.10. The van der Waals surface area contributed by atoms with Gasteiger partial charge < -0.3 is 14.8 Å². The maximum absolute atomic E-state index is 5.98. The highest BCUT2D eigenvalue weighted by molar-refractivity contribution is 5.38. The Morgan fingerprint density at radius 3 is 3.05 bits per heavy atom. The second-order valence-corrected chi connectivity index (χ2v) is 5.61. The molecule has 1 fully saturated rings. The lowest BCUT2D eigenvalue weighted by Gasteiger charge is -2.22. The second-order valence-electron chi connectivity index (χ2n) is 5.61. The molecular weight excluding hydrogens is 238 g/mol. The quantitative estimate of drug-likeness (QED) is 0.881. The summed E-state index contributed by atoms with van der Waals surface area (Å²) in [6.07, 6.45) is 4.86. The van der Waals surface area contributed by atoms with Crippen LogP contribution in [0, 0.1) is 5.92 Å². The highest BCUT2D eigenvalue weighted by Gasteiger charge is 2.25. The van der Waals surface area contributed by atoms with Crippen LogP contribution in [0.4, 0.5) is 0 Å². The SMILES string of the molecule is CNC(COc1ccc2c(c1)CCC2)C1CCOC1. The van der Waals surface area contributed by atoms with Gasteiger partial charge in [0.15, 0.2) is 0 Å². The van der Waals surface area contributed by atoms with E-state index >= 15 is 0 Å². The molecule has 1 saturated heterocycles. The van der Waals surface area contributed by atoms with Gasteiger partial charge in [-0.25, -0.2) is 0 Å². The van der Waals surface area contributed by atoms with Crippen LogP contribution in [-0.4, -0.2) is 32.9 Å². The number of hydrogen-bond donors (Lipinski definition) is 1. The molecule has 0 aromatic heterocycles. The first-order valence-electron chi connectivity index (χ1n) is 7.36. The smallest absolute Gasteiger partial charge is 0.119 e. The summed E-state index contributed by atoms with van der Waals surface area (Å²) in [6, 6.07) is 6.95. The fourth-order valence-electron chi connectivity index (χ4n) is 3.15. The molecule has 3 heteroatoms. The summed E-state index contributed by atoms with van der Waals surface area (Å²) < 4.78 is 11.4. The van der Waals surface area contributed by atoms with E-state index < -0.39 is 0 Å². The van der Waals surface area contributed by atoms with E-state index in [2.05, 4.69) is 23.5 Å². The van der Waals surface area contributed by atoms with Crippen LogP contribution in [0.5, 0.6) is 5.75 Å². The van der Waals surface area contributed by atoms with Crippen molar-refractivity contribution in [3.05, 3.63) is 29.3 Å². The molecular formula is C16H23NO2. The van der Waals surface area contributed by atoms with Crippen LogP contribution < -0.4 is 10.1 Å². The van der Waals surface area contributed by atoms with E-state index in [4.69, 9.17) is 9.47 Å². The minimum Gasteiger partial charge on any atom is -0.492 e. The Balaban J connectivity index is 1.58. The molecule has 0 amide bonds. The zero-order valence-corrected chi connectivity index (χ0v) is 11.7. The van der Waals surface area contributed by atoms with E-state index in [1.54, 1.807) is 0 Å². The summed E-state index contributed by atoms with van der Waals surface area (Å²) in [6.45, 7) is 2.48. The normalized spacial score (nSPS) is 23.3. The number of fused-ring (bicyclic) bond motifs is 1. The van der Waals surface area contributed by atoms with Gasteiger partial charge in [-0.1, -0.05) is 6.07 Å². The molecule has 3 nitrogen and oxygen atoms in total. The lowest BCUT2D eigenvalue weighted by Crippen LogP contribution is -2.39. The van der Waals surface area contributed by atoms with Gasteiger partial charge in [0, 0.05) is 18.6 Å². The number of hydrogen-bond acceptors (Lipinski definition) is 3. The predicted molar refractivity (Wildman–Crippen MR) is 75.7 cm³/mol. The highest BCUT2D eigenvalue weighted by Crippen LogP contribution is 2.26. The van der Waals surface area contributed by atoms with E-state index in [0.29, 0.717) is 12.0 Å². The topological polar surface area (TPSA) is 30.5 Å². The monoisotopic (exact) mass is 261 g/mol. The van der Waals surface area contributed by atoms with Gasteiger partial charge in [0.1, 0.15) is 12.4 Å². The van der Waals surface area contributed by atoms with E-state index in [-0.39, 0.29) is 0 Å². The summed E-state index contributed by atoms with van der Waals surface area (Å²) in [7, 11) is 2.01. The lowest BCUT2D eigenvalue weighted by molar-refractivity contribution is 0.162. The van der Waals surface area contributed by atoms with Crippen molar-refractivity contribution < 1.29 is 9.47 Å². The van der Waals surface area contributed by atoms with Crippen molar-refractivity contribution in [1.82, 2.24) is 5.32 Å². The Hall–Kier alpha value is -1.06. The maximum atomic E-state index is 5.98. The van der Waals surface area contributed by atoms with Crippen molar-refractivity contribution in [1.29, 1.82) is 0 Å². The zero-order chi connectivity index (χ0) is 13.1. The number of aryl methyl sites for hydroxylation is 2. The summed E-state index contributed by atoms with van der Waals surface area (Å²) in [4.78, 5) is 0. The van der Waals surface area contributed by atoms with Crippen LogP contribution in [0.25, 0.3) is 0 Å². The molecule has 2 atom stereocenters. The minimum atomic E-state index is 0.385. The molecule has 104 valence electrons. The van der Waals surface area contributed by atoms with E-state index in [9.17, 15) is 0 Å². The van der Waals surface area contributed by atoms with Gasteiger partial charge in [0.2, 0.25) is 0 Å². The molecule has 0 saturated carbocycles. The fourth-order valence-corrected chi connectivity index (χ4v) is 3.15. The van der Waals surface area contributed by atoms with Crippen molar-refractivity contribution in [2.24, 2.45) is 5.92 Å². The number of benzene rings is 1. The molecule has 19 heavy (non-hydrogen) atoms. The number of nitrogens with one attached hydrogen (secondary N) is 1. The molecule has 1 aliphatic carbocycles. The van der Waals surface area contributed by atoms with Gasteiger partial charge in [0.05, 0.1) is 6.61 Å². The summed E-state index contributed by atoms with van der Waals surface area (Å²) in [5.74, 6) is 1.60. The zero-order valence-electron chi connectivity index (χ0n) is 11.7. The third-order valence-corrected chi connectivity index (χ3v) is 4.40. The second kappa shape index (κ2) is 5.93. The Bertz CT molecular complexity index is 427. The van der Waals surface area contributed by atoms with Gasteiger partial charge in [0.25, 0.3) is 0 Å². The minimum absolute atomic E-state index is 0.385. The van der Waals surface area contributed by atoms with Crippen molar-refractivity contribution in [2.45, 2.75) is 31.7 Å². The van der Waals surface area contributed by atoms with E-state index in [1.165, 1.54) is 30.4 Å². The van der Waals surface area contributed by atoms with Crippen molar-refractivity contribution in [2.75, 3.05) is 26.9 Å². The number of ether oxygens (including phenoxy) is 2. The maximum Gasteiger partial charge on any atom is 0.119 e. The summed E-state index contributed by atoms with van der Waals surface area (Å²) in [5, 5.41) is 3.36. The molecule has 1 heterocycles. The van der Waals surface area contributed by atoms with Gasteiger partial charge in [-0.3, -0.25) is 0 Å². The molecule has 1 N–H and O–H groups in total. The molecule has 2 aliphatic rings. The summed E-state index contributed by atoms with van der Waals surface area (Å²) in [5.41, 5.74) is 2.98. The Morgan fingerprint density at radius 1 is 1.37 bits per heavy atom. The number of rotatable bonds is 5. The Morgan fingerprint density at radius 2 is 2.26 bits per heavy atom. The van der Waals surface area contributed by atoms with Crippen LogP contribution in [0.2, 0.25) is 0 Å². The van der Waals surface area contributed by atoms with Gasteiger partial charge in [-0.2, -0.15) is 0 Å². The molecule has 2 unspecified atom stereocenters. The number of likely N-dealkylation sites (N-methyl/N-ethyl adjacent to an activating group) is 1. The average molecular weight is 261 g/mol. The van der Waals surface area contributed by atoms with Crippen LogP contribution in [-0.2, 0) is 17.6 Å². The third-order valence-electron chi connectivity index (χ3n) is 4.40. The standard InChI is InChI=1S/C16H23NO2/c1-17-16(14-7-8-18-10-14)11-19-15-6-5-12-3-2-4-13(12)9-15/h5-6,9,14,16-17H,2-4,7-8,10-11H2,1H3. The predicted octanol–water partition coefficient (Wildman–Crippen LogP) is 2.18. The first-order chi connectivity index (χ1) is 9.36. The molecule has 0 spiro atoms. The molecule has 1 aromatic rings. The van der Waals surface area contributed by atoms with Crippen LogP contribution in [0.15, 0.2) is 18.2 Å². The first kappa shape index (κ1) is 12.9. The molecule has 1 aliphatic heterocycles. The Labute approximate surface area is 115 Å². The molecule has 0 bridgehead atoms.